The van der Waals surface area contributed by atoms with Gasteiger partial charge in [0.05, 0.1) is 10.6 Å². The number of nitro groups is 1. The number of anilines is 1. The molecule has 2 aromatic rings. The van der Waals surface area contributed by atoms with Crippen molar-refractivity contribution in [3.63, 3.8) is 0 Å². The fourth-order valence-corrected chi connectivity index (χ4v) is 2.84. The van der Waals surface area contributed by atoms with Crippen LogP contribution in [0.15, 0.2) is 47.4 Å². The maximum Gasteiger partial charge on any atom is 0.289 e. The Morgan fingerprint density at radius 2 is 1.76 bits per heavy atom. The van der Waals surface area contributed by atoms with E-state index >= 15 is 0 Å². The Labute approximate surface area is 118 Å². The maximum absolute atomic E-state index is 13.4. The summed E-state index contributed by atoms with van der Waals surface area (Å²) in [7, 11) is -4.43. The number of halogens is 2. The van der Waals surface area contributed by atoms with Gasteiger partial charge in [0.25, 0.3) is 15.7 Å². The third-order valence-electron chi connectivity index (χ3n) is 2.52. The molecule has 0 bridgehead atoms. The van der Waals surface area contributed by atoms with Crippen LogP contribution in [-0.2, 0) is 10.0 Å². The lowest BCUT2D eigenvalue weighted by atomic mass is 10.3. The standard InChI is InChI=1S/C12H8F2N2O4S/c13-8-5-6-9(14)10(7-8)15-21(19,20)12-4-2-1-3-11(12)16(17)18/h1-7,15H. The Balaban J connectivity index is 2.49. The van der Waals surface area contributed by atoms with E-state index in [0.29, 0.717) is 6.07 Å². The summed E-state index contributed by atoms with van der Waals surface area (Å²) in [4.78, 5) is 9.30. The van der Waals surface area contributed by atoms with Gasteiger partial charge >= 0.3 is 0 Å². The Morgan fingerprint density at radius 1 is 1.10 bits per heavy atom. The first-order chi connectivity index (χ1) is 9.81. The van der Waals surface area contributed by atoms with Crippen molar-refractivity contribution in [2.24, 2.45) is 0 Å². The largest absolute Gasteiger partial charge is 0.289 e. The normalized spacial score (nSPS) is 11.1. The van der Waals surface area contributed by atoms with E-state index in [0.717, 1.165) is 24.3 Å². The van der Waals surface area contributed by atoms with E-state index in [2.05, 4.69) is 0 Å². The second kappa shape index (κ2) is 5.44. The molecule has 0 spiro atoms. The summed E-state index contributed by atoms with van der Waals surface area (Å²) in [5, 5.41) is 10.8. The molecule has 0 heterocycles. The molecule has 1 N–H and O–H groups in total. The zero-order valence-electron chi connectivity index (χ0n) is 10.3. The molecule has 6 nitrogen and oxygen atoms in total. The minimum Gasteiger partial charge on any atom is -0.276 e. The van der Waals surface area contributed by atoms with Crippen LogP contribution < -0.4 is 4.72 Å². The van der Waals surface area contributed by atoms with Crippen molar-refractivity contribution >= 4 is 21.4 Å². The second-order valence-corrected chi connectivity index (χ2v) is 5.61. The second-order valence-electron chi connectivity index (χ2n) is 3.95. The van der Waals surface area contributed by atoms with Gasteiger partial charge in [0.15, 0.2) is 4.90 Å². The number of nitro benzene ring substituents is 1. The monoisotopic (exact) mass is 314 g/mol. The zero-order chi connectivity index (χ0) is 15.6. The lowest BCUT2D eigenvalue weighted by Gasteiger charge is -2.09. The third-order valence-corrected chi connectivity index (χ3v) is 3.94. The average Bonchev–Trinajstić information content (AvgIpc) is 2.42. The highest BCUT2D eigenvalue weighted by Gasteiger charge is 2.26. The van der Waals surface area contributed by atoms with Gasteiger partial charge in [-0.1, -0.05) is 12.1 Å². The predicted molar refractivity (Wildman–Crippen MR) is 70.3 cm³/mol. The minimum absolute atomic E-state index is 0.631. The molecular formula is C12H8F2N2O4S. The summed E-state index contributed by atoms with van der Waals surface area (Å²) in [6.07, 6.45) is 0. The summed E-state index contributed by atoms with van der Waals surface area (Å²) in [6, 6.07) is 6.77. The van der Waals surface area contributed by atoms with Crippen molar-refractivity contribution < 1.29 is 22.1 Å². The van der Waals surface area contributed by atoms with Crippen LogP contribution in [-0.4, -0.2) is 13.3 Å². The Morgan fingerprint density at radius 3 is 2.43 bits per heavy atom. The summed E-state index contributed by atoms with van der Waals surface area (Å²) in [6.45, 7) is 0. The molecule has 0 aliphatic heterocycles. The molecule has 2 aromatic carbocycles. The van der Waals surface area contributed by atoms with Crippen LogP contribution >= 0.6 is 0 Å². The van der Waals surface area contributed by atoms with E-state index in [1.165, 1.54) is 12.1 Å². The maximum atomic E-state index is 13.4. The van der Waals surface area contributed by atoms with E-state index < -0.39 is 42.9 Å². The van der Waals surface area contributed by atoms with E-state index in [9.17, 15) is 27.3 Å². The van der Waals surface area contributed by atoms with Gasteiger partial charge in [0.2, 0.25) is 0 Å². The van der Waals surface area contributed by atoms with Gasteiger partial charge in [-0.3, -0.25) is 14.8 Å². The fraction of sp³-hybridized carbons (Fsp3) is 0. The molecule has 0 fully saturated rings. The molecule has 0 atom stereocenters. The third kappa shape index (κ3) is 3.14. The molecule has 0 unspecified atom stereocenters. The Hall–Kier alpha value is -2.55. The fourth-order valence-electron chi connectivity index (χ4n) is 1.61. The first-order valence-corrected chi connectivity index (χ1v) is 7.01. The molecule has 21 heavy (non-hydrogen) atoms. The Bertz CT molecular complexity index is 809. The molecule has 0 saturated carbocycles. The number of hydrogen-bond donors (Lipinski definition) is 1. The van der Waals surface area contributed by atoms with Gasteiger partial charge in [-0.05, 0) is 18.2 Å². The van der Waals surface area contributed by atoms with E-state index in [1.807, 2.05) is 0 Å². The van der Waals surface area contributed by atoms with E-state index in [1.54, 1.807) is 4.72 Å². The zero-order valence-corrected chi connectivity index (χ0v) is 11.1. The summed E-state index contributed by atoms with van der Waals surface area (Å²) < 4.78 is 52.4. The summed E-state index contributed by atoms with van der Waals surface area (Å²) in [5.41, 5.74) is -1.30. The lowest BCUT2D eigenvalue weighted by molar-refractivity contribution is -0.387. The number of rotatable bonds is 4. The van der Waals surface area contributed by atoms with Crippen LogP contribution in [0.4, 0.5) is 20.2 Å². The van der Waals surface area contributed by atoms with Crippen LogP contribution in [0.1, 0.15) is 0 Å². The van der Waals surface area contributed by atoms with E-state index in [-0.39, 0.29) is 0 Å². The van der Waals surface area contributed by atoms with Crippen LogP contribution in [0.2, 0.25) is 0 Å². The minimum atomic E-state index is -4.43. The molecule has 0 aliphatic carbocycles. The van der Waals surface area contributed by atoms with E-state index in [4.69, 9.17) is 0 Å². The van der Waals surface area contributed by atoms with Gasteiger partial charge in [-0.15, -0.1) is 0 Å². The number of benzene rings is 2. The van der Waals surface area contributed by atoms with Gasteiger partial charge < -0.3 is 0 Å². The SMILES string of the molecule is O=[N+]([O-])c1ccccc1S(=O)(=O)Nc1cc(F)ccc1F. The molecule has 0 amide bonds. The molecular weight excluding hydrogens is 306 g/mol. The van der Waals surface area contributed by atoms with Crippen molar-refractivity contribution in [3.05, 3.63) is 64.2 Å². The molecule has 9 heteroatoms. The number of para-hydroxylation sites is 1. The van der Waals surface area contributed by atoms with Crippen molar-refractivity contribution in [2.45, 2.75) is 4.90 Å². The van der Waals surface area contributed by atoms with Crippen molar-refractivity contribution in [1.82, 2.24) is 0 Å². The quantitative estimate of drug-likeness (QED) is 0.694. The average molecular weight is 314 g/mol. The molecule has 2 rings (SSSR count). The van der Waals surface area contributed by atoms with Crippen LogP contribution in [0.5, 0.6) is 0 Å². The summed E-state index contributed by atoms with van der Waals surface area (Å²) in [5.74, 6) is -1.85. The van der Waals surface area contributed by atoms with Gasteiger partial charge in [-0.2, -0.15) is 0 Å². The molecule has 0 aromatic heterocycles. The van der Waals surface area contributed by atoms with Gasteiger partial charge in [0.1, 0.15) is 11.6 Å². The van der Waals surface area contributed by atoms with Gasteiger partial charge in [0, 0.05) is 12.1 Å². The highest BCUT2D eigenvalue weighted by atomic mass is 32.2. The summed E-state index contributed by atoms with van der Waals surface area (Å²) >= 11 is 0. The topological polar surface area (TPSA) is 89.3 Å². The van der Waals surface area contributed by atoms with Crippen molar-refractivity contribution in [1.29, 1.82) is 0 Å². The Kier molecular flexibility index (Phi) is 3.85. The van der Waals surface area contributed by atoms with Crippen LogP contribution in [0.3, 0.4) is 0 Å². The lowest BCUT2D eigenvalue weighted by Crippen LogP contribution is -2.15. The van der Waals surface area contributed by atoms with Crippen molar-refractivity contribution in [2.75, 3.05) is 4.72 Å². The number of hydrogen-bond acceptors (Lipinski definition) is 4. The molecule has 0 saturated heterocycles. The number of nitrogens with one attached hydrogen (secondary N) is 1. The highest BCUT2D eigenvalue weighted by Crippen LogP contribution is 2.26. The smallest absolute Gasteiger partial charge is 0.276 e. The number of nitrogens with zero attached hydrogens (tertiary/aromatic N) is 1. The first kappa shape index (κ1) is 14.9. The number of sulfonamides is 1. The molecule has 0 radical (unpaired) electrons. The first-order valence-electron chi connectivity index (χ1n) is 5.52. The molecule has 0 aliphatic rings. The molecule has 110 valence electrons. The van der Waals surface area contributed by atoms with Crippen LogP contribution in [0, 0.1) is 21.7 Å². The van der Waals surface area contributed by atoms with Crippen LogP contribution in [0.25, 0.3) is 0 Å². The highest BCUT2D eigenvalue weighted by molar-refractivity contribution is 7.92. The van der Waals surface area contributed by atoms with Crippen molar-refractivity contribution in [3.8, 4) is 0 Å². The van der Waals surface area contributed by atoms with Gasteiger partial charge in [-0.25, -0.2) is 17.2 Å². The predicted octanol–water partition coefficient (Wildman–Crippen LogP) is 2.67.